The van der Waals surface area contributed by atoms with Crippen molar-refractivity contribution in [3.8, 4) is 11.4 Å². The number of thioether (sulfide) groups is 2. The summed E-state index contributed by atoms with van der Waals surface area (Å²) < 4.78 is 134. The lowest BCUT2D eigenvalue weighted by molar-refractivity contribution is -0.166. The number of carbonyl (C=O) groups is 8. The van der Waals surface area contributed by atoms with Crippen molar-refractivity contribution in [2.45, 2.75) is 88.2 Å². The molecule has 0 spiro atoms. The Kier molecular flexibility index (Phi) is 26.9. The van der Waals surface area contributed by atoms with Gasteiger partial charge in [-0.2, -0.15) is 26.3 Å². The first kappa shape index (κ1) is 75.6. The number of esters is 5. The third kappa shape index (κ3) is 19.6. The van der Waals surface area contributed by atoms with E-state index in [0.29, 0.717) is 42.3 Å². The first-order chi connectivity index (χ1) is 42.3. The van der Waals surface area contributed by atoms with Crippen molar-refractivity contribution in [2.24, 2.45) is 24.1 Å². The molecule has 1 N–H and O–H groups in total. The van der Waals surface area contributed by atoms with E-state index in [9.17, 15) is 92.7 Å². The summed E-state index contributed by atoms with van der Waals surface area (Å²) >= 11 is 16.6. The topological polar surface area (TPSA) is 322 Å². The molecule has 496 valence electrons. The van der Waals surface area contributed by atoms with Crippen LogP contribution in [0.5, 0.6) is 0 Å². The highest BCUT2D eigenvalue weighted by molar-refractivity contribution is 9.10. The van der Waals surface area contributed by atoms with Gasteiger partial charge in [0.05, 0.1) is 72.1 Å². The number of aromatic nitrogens is 4. The fourth-order valence-electron chi connectivity index (χ4n) is 7.54. The van der Waals surface area contributed by atoms with Gasteiger partial charge in [-0.25, -0.2) is 42.3 Å². The lowest BCUT2D eigenvalue weighted by Gasteiger charge is -2.16. The Hall–Kier alpha value is -7.90. The molecule has 0 bridgehead atoms. The maximum absolute atomic E-state index is 15.0. The Balaban J connectivity index is 0.000000350. The van der Waals surface area contributed by atoms with Gasteiger partial charge in [0, 0.05) is 26.2 Å². The van der Waals surface area contributed by atoms with Crippen molar-refractivity contribution in [1.29, 1.82) is 0 Å². The van der Waals surface area contributed by atoms with Gasteiger partial charge in [0.1, 0.15) is 51.4 Å². The van der Waals surface area contributed by atoms with E-state index in [1.54, 1.807) is 20.8 Å². The number of hydrogen-bond acceptors (Lipinski definition) is 21. The fraction of sp³-hybridized carbons (Fsp3) is 0.423. The summed E-state index contributed by atoms with van der Waals surface area (Å²) in [5.41, 5.74) is -11.5. The van der Waals surface area contributed by atoms with Crippen LogP contribution in [0.2, 0.25) is 10.0 Å². The van der Waals surface area contributed by atoms with Crippen molar-refractivity contribution < 1.29 is 102 Å². The van der Waals surface area contributed by atoms with E-state index in [2.05, 4.69) is 30.7 Å². The Bertz CT molecular complexity index is 3820. The molecular formula is C52H51BrCl2F8N8O18S2. The van der Waals surface area contributed by atoms with Gasteiger partial charge in [-0.1, -0.05) is 62.7 Å². The highest BCUT2D eigenvalue weighted by Gasteiger charge is 2.43. The molecule has 91 heavy (non-hydrogen) atoms. The standard InChI is InChI=1S/C26H25ClF4N4O9S.C21H17ClF4N4O7S.C5H9BrO2/c1-5-42-21(38)11-34-22(39)17(9-20(37)44-12(3)23(40)43-6-2)45-24(34)32-15-8-16(14(28)7-13(15)27)35-19(36)10-18(26(29,30)31)33(4)25(35)41;1-3-37-17(34)8-29-18(35)13(6-16(32)33)38-19(29)27-11-5-12(10(23)4-9(11)22)30-15(31)7-14(21(24,25)26)28(2)20(30)36;1-3-8-5(7)4(2)6/h7-8,10,12,17H,5-6,9,11H2,1-4H3;4-5,7,13H,3,6,8H2,1-2H3,(H,32,33);4H,3H2,1-2H3. The van der Waals surface area contributed by atoms with Crippen LogP contribution in [0, 0.1) is 11.6 Å². The summed E-state index contributed by atoms with van der Waals surface area (Å²) in [5.74, 6) is -9.07. The van der Waals surface area contributed by atoms with Crippen LogP contribution < -0.4 is 22.5 Å². The Morgan fingerprint density at radius 1 is 0.593 bits per heavy atom. The predicted octanol–water partition coefficient (Wildman–Crippen LogP) is 6.38. The lowest BCUT2D eigenvalue weighted by Crippen LogP contribution is -2.41. The maximum atomic E-state index is 15.0. The van der Waals surface area contributed by atoms with E-state index in [4.69, 9.17) is 47.3 Å². The average Bonchev–Trinajstić information content (AvgIpc) is 1.09. The molecule has 0 saturated carbocycles. The van der Waals surface area contributed by atoms with E-state index in [0.717, 1.165) is 36.0 Å². The van der Waals surface area contributed by atoms with Gasteiger partial charge >= 0.3 is 59.5 Å². The zero-order chi connectivity index (χ0) is 68.9. The van der Waals surface area contributed by atoms with Crippen LogP contribution in [0.15, 0.2) is 65.6 Å². The van der Waals surface area contributed by atoms with Gasteiger partial charge in [-0.3, -0.25) is 62.1 Å². The van der Waals surface area contributed by atoms with Crippen LogP contribution in [0.4, 0.5) is 46.5 Å². The van der Waals surface area contributed by atoms with Crippen molar-refractivity contribution in [2.75, 3.05) is 39.5 Å². The molecule has 2 saturated heterocycles. The van der Waals surface area contributed by atoms with Crippen LogP contribution in [-0.2, 0) is 88.5 Å². The molecule has 0 radical (unpaired) electrons. The molecule has 4 heterocycles. The summed E-state index contributed by atoms with van der Waals surface area (Å²) in [6.45, 7) is 8.51. The van der Waals surface area contributed by atoms with Crippen LogP contribution in [0.3, 0.4) is 0 Å². The number of aliphatic carboxylic acids is 1. The van der Waals surface area contributed by atoms with Crippen molar-refractivity contribution >= 4 is 132 Å². The minimum atomic E-state index is -5.06. The average molecular weight is 1440 g/mol. The van der Waals surface area contributed by atoms with Gasteiger partial charge < -0.3 is 28.8 Å². The van der Waals surface area contributed by atoms with Gasteiger partial charge in [0.25, 0.3) is 11.1 Å². The number of aliphatic imine (C=N–C) groups is 2. The fourth-order valence-corrected chi connectivity index (χ4v) is 10.3. The number of benzene rings is 2. The minimum absolute atomic E-state index is 0.0109. The number of carboxylic acid groups (broad SMARTS) is 1. The SMILES string of the molecule is CCOC(=O)C(C)Br.CCOC(=O)CN1C(=O)C(CC(=O)O)SC1=Nc1cc(-n2c(=O)cc(C(F)(F)F)n(C)c2=O)c(F)cc1Cl.CCOC(=O)CN1C(=O)C(CC(=O)OC(C)C(=O)OCC)SC1=Nc1cc(-n2c(=O)cc(C(F)(F)F)n(C)c2=O)c(F)cc1Cl. The number of hydrogen-bond donors (Lipinski definition) is 1. The van der Waals surface area contributed by atoms with E-state index in [1.165, 1.54) is 20.8 Å². The van der Waals surface area contributed by atoms with Crippen LogP contribution in [0.25, 0.3) is 11.4 Å². The molecule has 2 aliphatic rings. The third-order valence-electron chi connectivity index (χ3n) is 11.6. The van der Waals surface area contributed by atoms with Crippen LogP contribution in [0.1, 0.15) is 65.8 Å². The predicted molar refractivity (Wildman–Crippen MR) is 312 cm³/mol. The largest absolute Gasteiger partial charge is 0.481 e. The molecule has 4 atom stereocenters. The highest BCUT2D eigenvalue weighted by Crippen LogP contribution is 2.38. The Morgan fingerprint density at radius 2 is 0.956 bits per heavy atom. The van der Waals surface area contributed by atoms with Gasteiger partial charge in [-0.15, -0.1) is 0 Å². The molecule has 2 aromatic carbocycles. The second kappa shape index (κ2) is 32.4. The lowest BCUT2D eigenvalue weighted by atomic mass is 10.2. The van der Waals surface area contributed by atoms with E-state index < -0.39 is 158 Å². The molecule has 26 nitrogen and oxygen atoms in total. The zero-order valence-corrected chi connectivity index (χ0v) is 53.1. The summed E-state index contributed by atoms with van der Waals surface area (Å²) in [4.78, 5) is 156. The molecule has 2 aromatic heterocycles. The number of carboxylic acids is 1. The van der Waals surface area contributed by atoms with E-state index in [1.807, 2.05) is 0 Å². The number of amides is 2. The second-order valence-corrected chi connectivity index (χ2v) is 22.6. The van der Waals surface area contributed by atoms with Crippen molar-refractivity contribution in [3.63, 3.8) is 0 Å². The molecule has 2 aliphatic heterocycles. The number of carbonyl (C=O) groups excluding carboxylic acids is 7. The van der Waals surface area contributed by atoms with Gasteiger partial charge in [-0.05, 0) is 65.8 Å². The first-order valence-corrected chi connectivity index (χ1v) is 29.4. The van der Waals surface area contributed by atoms with Crippen LogP contribution in [-0.4, -0.2) is 152 Å². The smallest absolute Gasteiger partial charge is 0.431 e. The first-order valence-electron chi connectivity index (χ1n) is 26.0. The minimum Gasteiger partial charge on any atom is -0.481 e. The number of ether oxygens (including phenoxy) is 5. The molecule has 2 amide bonds. The number of amidine groups is 2. The molecule has 4 aromatic rings. The second-order valence-electron chi connectivity index (χ2n) is 18.1. The maximum Gasteiger partial charge on any atom is 0.431 e. The number of halogens is 11. The quantitative estimate of drug-likeness (QED) is 0.0461. The molecule has 4 unspecified atom stereocenters. The summed E-state index contributed by atoms with van der Waals surface area (Å²) in [5, 5.41) is 5.44. The number of alkyl halides is 7. The van der Waals surface area contributed by atoms with E-state index in [-0.39, 0.29) is 87.8 Å². The summed E-state index contributed by atoms with van der Waals surface area (Å²) in [6.07, 6.45) is -12.6. The molecule has 2 fully saturated rings. The zero-order valence-electron chi connectivity index (χ0n) is 48.4. The highest BCUT2D eigenvalue weighted by atomic mass is 79.9. The van der Waals surface area contributed by atoms with E-state index >= 15 is 0 Å². The normalized spacial score (nSPS) is 16.3. The summed E-state index contributed by atoms with van der Waals surface area (Å²) in [6, 6.07) is 3.09. The van der Waals surface area contributed by atoms with Crippen molar-refractivity contribution in [1.82, 2.24) is 28.1 Å². The van der Waals surface area contributed by atoms with Gasteiger partial charge in [0.2, 0.25) is 11.8 Å². The van der Waals surface area contributed by atoms with Crippen molar-refractivity contribution in [3.05, 3.63) is 111 Å². The number of rotatable bonds is 19. The third-order valence-corrected chi connectivity index (χ3v) is 15.0. The van der Waals surface area contributed by atoms with Gasteiger partial charge in [0.15, 0.2) is 16.4 Å². The number of nitrogens with zero attached hydrogens (tertiary/aromatic N) is 8. The monoisotopic (exact) mass is 1440 g/mol. The Morgan fingerprint density at radius 3 is 1.29 bits per heavy atom. The summed E-state index contributed by atoms with van der Waals surface area (Å²) in [7, 11) is 1.48. The van der Waals surface area contributed by atoms with Crippen LogP contribution >= 0.6 is 62.7 Å². The molecule has 39 heteroatoms. The molecular weight excluding hydrogens is 1390 g/mol. The molecule has 6 rings (SSSR count). The molecule has 0 aliphatic carbocycles. The Labute approximate surface area is 534 Å².